The summed E-state index contributed by atoms with van der Waals surface area (Å²) in [4.78, 5) is 15.8. The van der Waals surface area contributed by atoms with E-state index in [0.29, 0.717) is 12.2 Å². The second-order valence-electron chi connectivity index (χ2n) is 8.52. The van der Waals surface area contributed by atoms with Crippen LogP contribution in [0.25, 0.3) is 16.6 Å². The van der Waals surface area contributed by atoms with Crippen molar-refractivity contribution in [2.75, 3.05) is 6.54 Å². The normalized spacial score (nSPS) is 12.0. The highest BCUT2D eigenvalue weighted by molar-refractivity contribution is 5.83. The van der Waals surface area contributed by atoms with Crippen LogP contribution in [-0.2, 0) is 24.1 Å². The predicted molar refractivity (Wildman–Crippen MR) is 137 cm³/mol. The molecular formula is C28H28N6O. The Morgan fingerprint density at radius 1 is 0.914 bits per heavy atom. The van der Waals surface area contributed by atoms with Crippen LogP contribution in [0.3, 0.4) is 0 Å². The maximum absolute atomic E-state index is 12.5. The Morgan fingerprint density at radius 3 is 2.40 bits per heavy atom. The number of amides is 1. The largest absolute Gasteiger partial charge is 0.361 e. The second kappa shape index (κ2) is 10.4. The smallest absolute Gasteiger partial charge is 0.234 e. The molecule has 0 aliphatic carbocycles. The molecule has 5 rings (SSSR count). The van der Waals surface area contributed by atoms with Gasteiger partial charge in [0.25, 0.3) is 0 Å². The minimum absolute atomic E-state index is 0.0925. The lowest BCUT2D eigenvalue weighted by molar-refractivity contribution is -0.120. The Kier molecular flexibility index (Phi) is 6.68. The van der Waals surface area contributed by atoms with Crippen LogP contribution in [0.5, 0.6) is 0 Å². The Labute approximate surface area is 204 Å². The van der Waals surface area contributed by atoms with Gasteiger partial charge in [-0.3, -0.25) is 9.36 Å². The van der Waals surface area contributed by atoms with E-state index in [1.165, 1.54) is 5.56 Å². The molecular weight excluding hydrogens is 436 g/mol. The number of rotatable bonds is 9. The third-order valence-corrected chi connectivity index (χ3v) is 6.18. The van der Waals surface area contributed by atoms with E-state index in [1.54, 1.807) is 0 Å². The molecule has 35 heavy (non-hydrogen) atoms. The van der Waals surface area contributed by atoms with Crippen molar-refractivity contribution in [1.82, 2.24) is 25.1 Å². The first-order valence-electron chi connectivity index (χ1n) is 11.8. The van der Waals surface area contributed by atoms with Crippen LogP contribution >= 0.6 is 0 Å². The Morgan fingerprint density at radius 2 is 1.63 bits per heavy atom. The van der Waals surface area contributed by atoms with Crippen molar-refractivity contribution in [3.8, 4) is 5.69 Å². The number of aromatic nitrogens is 4. The van der Waals surface area contributed by atoms with Gasteiger partial charge in [-0.25, -0.2) is 0 Å². The average molecular weight is 465 g/mol. The van der Waals surface area contributed by atoms with Gasteiger partial charge in [0.15, 0.2) is 5.82 Å². The predicted octanol–water partition coefficient (Wildman–Crippen LogP) is 3.89. The number of nitrogens with one attached hydrogen (secondary N) is 2. The quantitative estimate of drug-likeness (QED) is 0.308. The van der Waals surface area contributed by atoms with E-state index in [1.807, 2.05) is 72.9 Å². The monoisotopic (exact) mass is 464 g/mol. The van der Waals surface area contributed by atoms with Crippen molar-refractivity contribution in [2.45, 2.75) is 25.3 Å². The standard InChI is InChI=1S/C28H28N6O/c29-18-27(35)31-25(17-21-19-30-24-14-8-7-13-23(21)24)28-33-32-26(16-15-20-9-3-1-4-10-20)34(28)22-11-5-2-6-12-22/h1-14,19,25,30H,15-18,29H2,(H,31,35). The molecule has 1 unspecified atom stereocenters. The third-order valence-electron chi connectivity index (χ3n) is 6.18. The highest BCUT2D eigenvalue weighted by Crippen LogP contribution is 2.26. The molecule has 0 radical (unpaired) electrons. The van der Waals surface area contributed by atoms with Crippen molar-refractivity contribution >= 4 is 16.8 Å². The lowest BCUT2D eigenvalue weighted by Crippen LogP contribution is -2.36. The molecule has 0 aliphatic heterocycles. The van der Waals surface area contributed by atoms with E-state index in [-0.39, 0.29) is 12.5 Å². The van der Waals surface area contributed by atoms with Crippen molar-refractivity contribution in [2.24, 2.45) is 5.73 Å². The molecule has 2 aromatic heterocycles. The molecule has 0 fully saturated rings. The van der Waals surface area contributed by atoms with Crippen LogP contribution in [0.15, 0.2) is 91.1 Å². The van der Waals surface area contributed by atoms with Gasteiger partial charge in [0, 0.05) is 35.6 Å². The number of fused-ring (bicyclic) bond motifs is 1. The number of aryl methyl sites for hydroxylation is 2. The van der Waals surface area contributed by atoms with Gasteiger partial charge in [0.05, 0.1) is 12.6 Å². The van der Waals surface area contributed by atoms with E-state index in [9.17, 15) is 4.79 Å². The molecule has 5 aromatic rings. The minimum atomic E-state index is -0.400. The van der Waals surface area contributed by atoms with E-state index in [4.69, 9.17) is 5.73 Å². The van der Waals surface area contributed by atoms with Crippen LogP contribution < -0.4 is 11.1 Å². The molecule has 3 aromatic carbocycles. The summed E-state index contributed by atoms with van der Waals surface area (Å²) in [6.45, 7) is -0.0925. The number of benzene rings is 3. The number of nitrogens with zero attached hydrogens (tertiary/aromatic N) is 3. The third kappa shape index (κ3) is 5.00. The topological polar surface area (TPSA) is 102 Å². The molecule has 4 N–H and O–H groups in total. The number of carbonyl (C=O) groups excluding carboxylic acids is 1. The zero-order chi connectivity index (χ0) is 24.0. The highest BCUT2D eigenvalue weighted by Gasteiger charge is 2.25. The average Bonchev–Trinajstić information content (AvgIpc) is 3.52. The number of H-pyrrole nitrogens is 1. The van der Waals surface area contributed by atoms with Gasteiger partial charge in [-0.15, -0.1) is 10.2 Å². The first-order chi connectivity index (χ1) is 17.2. The summed E-state index contributed by atoms with van der Waals surface area (Å²) in [6.07, 6.45) is 4.11. The van der Waals surface area contributed by atoms with Gasteiger partial charge in [-0.1, -0.05) is 66.7 Å². The van der Waals surface area contributed by atoms with E-state index < -0.39 is 6.04 Å². The maximum Gasteiger partial charge on any atom is 0.234 e. The zero-order valence-corrected chi connectivity index (χ0v) is 19.4. The molecule has 1 amide bonds. The molecule has 2 heterocycles. The number of hydrogen-bond acceptors (Lipinski definition) is 4. The van der Waals surface area contributed by atoms with E-state index in [0.717, 1.165) is 40.8 Å². The molecule has 1 atom stereocenters. The summed E-state index contributed by atoms with van der Waals surface area (Å²) in [5.74, 6) is 1.30. The highest BCUT2D eigenvalue weighted by atomic mass is 16.1. The van der Waals surface area contributed by atoms with Gasteiger partial charge in [0.2, 0.25) is 5.91 Å². The first kappa shape index (κ1) is 22.6. The summed E-state index contributed by atoms with van der Waals surface area (Å²) in [5, 5.41) is 13.4. The molecule has 7 nitrogen and oxygen atoms in total. The fourth-order valence-electron chi connectivity index (χ4n) is 4.46. The second-order valence-corrected chi connectivity index (χ2v) is 8.52. The van der Waals surface area contributed by atoms with Crippen LogP contribution in [0, 0.1) is 0 Å². The lowest BCUT2D eigenvalue weighted by atomic mass is 10.0. The van der Waals surface area contributed by atoms with Gasteiger partial charge >= 0.3 is 0 Å². The van der Waals surface area contributed by atoms with Crippen molar-refractivity contribution in [3.63, 3.8) is 0 Å². The zero-order valence-electron chi connectivity index (χ0n) is 19.4. The molecule has 7 heteroatoms. The Bertz CT molecular complexity index is 1410. The number of carbonyl (C=O) groups is 1. The van der Waals surface area contributed by atoms with Crippen molar-refractivity contribution < 1.29 is 4.79 Å². The van der Waals surface area contributed by atoms with Gasteiger partial charge in [-0.05, 0) is 35.7 Å². The molecule has 176 valence electrons. The summed E-state index contributed by atoms with van der Waals surface area (Å²) < 4.78 is 2.07. The lowest BCUT2D eigenvalue weighted by Gasteiger charge is -2.20. The van der Waals surface area contributed by atoms with Crippen molar-refractivity contribution in [3.05, 3.63) is 114 Å². The molecule has 0 bridgehead atoms. The van der Waals surface area contributed by atoms with E-state index in [2.05, 4.69) is 43.3 Å². The van der Waals surface area contributed by atoms with Crippen LogP contribution in [0.2, 0.25) is 0 Å². The molecule has 0 aliphatic rings. The van der Waals surface area contributed by atoms with Crippen LogP contribution in [-0.4, -0.2) is 32.2 Å². The number of para-hydroxylation sites is 2. The summed E-state index contributed by atoms with van der Waals surface area (Å²) >= 11 is 0. The fourth-order valence-corrected chi connectivity index (χ4v) is 4.46. The Balaban J connectivity index is 1.54. The van der Waals surface area contributed by atoms with E-state index >= 15 is 0 Å². The number of aromatic amines is 1. The summed E-state index contributed by atoms with van der Waals surface area (Å²) in [7, 11) is 0. The summed E-state index contributed by atoms with van der Waals surface area (Å²) in [5.41, 5.74) is 10.0. The summed E-state index contributed by atoms with van der Waals surface area (Å²) in [6, 6.07) is 28.1. The molecule has 0 spiro atoms. The SMILES string of the molecule is NCC(=O)NC(Cc1c[nH]c2ccccc12)c1nnc(CCc2ccccc2)n1-c1ccccc1. The maximum atomic E-state index is 12.5. The minimum Gasteiger partial charge on any atom is -0.361 e. The number of nitrogens with two attached hydrogens (primary N) is 1. The molecule has 0 saturated heterocycles. The van der Waals surface area contributed by atoms with Crippen molar-refractivity contribution in [1.29, 1.82) is 0 Å². The van der Waals surface area contributed by atoms with Gasteiger partial charge in [0.1, 0.15) is 5.82 Å². The number of hydrogen-bond donors (Lipinski definition) is 3. The molecule has 0 saturated carbocycles. The van der Waals surface area contributed by atoms with Crippen LogP contribution in [0.1, 0.15) is 28.8 Å². The first-order valence-corrected chi connectivity index (χ1v) is 11.8. The van der Waals surface area contributed by atoms with Crippen LogP contribution in [0.4, 0.5) is 0 Å². The van der Waals surface area contributed by atoms with Gasteiger partial charge in [-0.2, -0.15) is 0 Å². The Hall–Kier alpha value is -4.23. The fraction of sp³-hybridized carbons (Fsp3) is 0.179. The van der Waals surface area contributed by atoms with Gasteiger partial charge < -0.3 is 16.0 Å².